The van der Waals surface area contributed by atoms with E-state index in [1.165, 1.54) is 6.26 Å². The normalized spacial score (nSPS) is 11.8. The molecule has 0 bridgehead atoms. The number of aliphatic hydroxyl groups is 1. The lowest BCUT2D eigenvalue weighted by Crippen LogP contribution is -2.29. The SMILES string of the molecule is COc1ccc(OC)c(CC(=O)NCC(O)c2ccco2)c1. The molecule has 1 aromatic heterocycles. The van der Waals surface area contributed by atoms with E-state index in [1.54, 1.807) is 44.6 Å². The van der Waals surface area contributed by atoms with E-state index < -0.39 is 6.10 Å². The van der Waals surface area contributed by atoms with E-state index in [-0.39, 0.29) is 18.9 Å². The summed E-state index contributed by atoms with van der Waals surface area (Å²) < 4.78 is 15.4. The van der Waals surface area contributed by atoms with Crippen LogP contribution in [-0.2, 0) is 11.2 Å². The van der Waals surface area contributed by atoms with Gasteiger partial charge in [-0.05, 0) is 30.3 Å². The first kappa shape index (κ1) is 15.9. The van der Waals surface area contributed by atoms with E-state index in [9.17, 15) is 9.90 Å². The van der Waals surface area contributed by atoms with E-state index in [0.29, 0.717) is 22.8 Å². The molecule has 0 saturated heterocycles. The van der Waals surface area contributed by atoms with Crippen molar-refractivity contribution in [2.45, 2.75) is 12.5 Å². The summed E-state index contributed by atoms with van der Waals surface area (Å²) in [4.78, 5) is 12.0. The highest BCUT2D eigenvalue weighted by molar-refractivity contribution is 5.79. The molecule has 0 radical (unpaired) electrons. The van der Waals surface area contributed by atoms with Gasteiger partial charge in [0.25, 0.3) is 0 Å². The summed E-state index contributed by atoms with van der Waals surface area (Å²) in [6, 6.07) is 8.60. The van der Waals surface area contributed by atoms with Crippen LogP contribution in [-0.4, -0.2) is 31.8 Å². The Hall–Kier alpha value is -2.47. The maximum Gasteiger partial charge on any atom is 0.224 e. The molecule has 2 rings (SSSR count). The van der Waals surface area contributed by atoms with Crippen molar-refractivity contribution < 1.29 is 23.8 Å². The number of amides is 1. The van der Waals surface area contributed by atoms with Crippen LogP contribution in [0.1, 0.15) is 17.4 Å². The predicted octanol–water partition coefficient (Wildman–Crippen LogP) is 1.69. The van der Waals surface area contributed by atoms with Crippen LogP contribution in [0, 0.1) is 0 Å². The molecule has 1 unspecified atom stereocenters. The van der Waals surface area contributed by atoms with E-state index in [0.717, 1.165) is 0 Å². The van der Waals surface area contributed by atoms with Gasteiger partial charge in [0, 0.05) is 5.56 Å². The Kier molecular flexibility index (Phi) is 5.43. The van der Waals surface area contributed by atoms with Gasteiger partial charge in [0.05, 0.1) is 33.4 Å². The molecule has 0 aliphatic heterocycles. The third kappa shape index (κ3) is 4.02. The van der Waals surface area contributed by atoms with Gasteiger partial charge in [-0.2, -0.15) is 0 Å². The van der Waals surface area contributed by atoms with Crippen molar-refractivity contribution in [2.75, 3.05) is 20.8 Å². The quantitative estimate of drug-likeness (QED) is 0.813. The first-order valence-electron chi connectivity index (χ1n) is 6.83. The minimum atomic E-state index is -0.869. The molecule has 2 N–H and O–H groups in total. The highest BCUT2D eigenvalue weighted by Crippen LogP contribution is 2.24. The second kappa shape index (κ2) is 7.51. The number of nitrogens with one attached hydrogen (secondary N) is 1. The molecular weight excluding hydrogens is 286 g/mol. The van der Waals surface area contributed by atoms with Crippen LogP contribution >= 0.6 is 0 Å². The molecule has 118 valence electrons. The average Bonchev–Trinajstić information content (AvgIpc) is 3.07. The summed E-state index contributed by atoms with van der Waals surface area (Å²) in [7, 11) is 3.11. The monoisotopic (exact) mass is 305 g/mol. The predicted molar refractivity (Wildman–Crippen MR) is 79.9 cm³/mol. The number of benzene rings is 1. The molecule has 1 aromatic carbocycles. The molecule has 0 fully saturated rings. The van der Waals surface area contributed by atoms with Crippen LogP contribution in [0.15, 0.2) is 41.0 Å². The maximum absolute atomic E-state index is 12.0. The number of aliphatic hydroxyl groups excluding tert-OH is 1. The standard InChI is InChI=1S/C16H19NO5/c1-20-12-5-6-14(21-2)11(8-12)9-16(19)17-10-13(18)15-4-3-7-22-15/h3-8,13,18H,9-10H2,1-2H3,(H,17,19). The minimum absolute atomic E-state index is 0.0820. The highest BCUT2D eigenvalue weighted by atomic mass is 16.5. The van der Waals surface area contributed by atoms with Crippen LogP contribution in [0.4, 0.5) is 0 Å². The third-order valence-electron chi connectivity index (χ3n) is 3.20. The molecule has 0 aliphatic rings. The number of carbonyl (C=O) groups is 1. The van der Waals surface area contributed by atoms with Crippen molar-refractivity contribution in [2.24, 2.45) is 0 Å². The third-order valence-corrected chi connectivity index (χ3v) is 3.20. The van der Waals surface area contributed by atoms with Crippen LogP contribution in [0.5, 0.6) is 11.5 Å². The molecule has 22 heavy (non-hydrogen) atoms. The molecule has 0 spiro atoms. The number of rotatable bonds is 7. The fourth-order valence-electron chi connectivity index (χ4n) is 2.05. The number of furan rings is 1. The van der Waals surface area contributed by atoms with Crippen LogP contribution in [0.3, 0.4) is 0 Å². The molecule has 2 aromatic rings. The molecule has 1 atom stereocenters. The Morgan fingerprint density at radius 1 is 1.32 bits per heavy atom. The Morgan fingerprint density at radius 3 is 2.77 bits per heavy atom. The number of carbonyl (C=O) groups excluding carboxylic acids is 1. The van der Waals surface area contributed by atoms with Crippen molar-refractivity contribution in [3.05, 3.63) is 47.9 Å². The Bertz CT molecular complexity index is 609. The fourth-order valence-corrected chi connectivity index (χ4v) is 2.05. The van der Waals surface area contributed by atoms with Crippen molar-refractivity contribution in [1.82, 2.24) is 5.32 Å². The molecule has 6 nitrogen and oxygen atoms in total. The van der Waals surface area contributed by atoms with Gasteiger partial charge in [-0.1, -0.05) is 0 Å². The van der Waals surface area contributed by atoms with Crippen LogP contribution < -0.4 is 14.8 Å². The smallest absolute Gasteiger partial charge is 0.224 e. The summed E-state index contributed by atoms with van der Waals surface area (Å²) in [6.07, 6.45) is 0.735. The first-order valence-corrected chi connectivity index (χ1v) is 6.83. The Balaban J connectivity index is 1.94. The molecule has 0 saturated carbocycles. The fraction of sp³-hybridized carbons (Fsp3) is 0.312. The van der Waals surface area contributed by atoms with Gasteiger partial charge in [0.2, 0.25) is 5.91 Å². The van der Waals surface area contributed by atoms with Gasteiger partial charge in [-0.15, -0.1) is 0 Å². The number of ether oxygens (including phenoxy) is 2. The Morgan fingerprint density at radius 2 is 2.14 bits per heavy atom. The number of hydrogen-bond acceptors (Lipinski definition) is 5. The summed E-state index contributed by atoms with van der Waals surface area (Å²) in [5, 5.41) is 12.5. The summed E-state index contributed by atoms with van der Waals surface area (Å²) in [5.74, 6) is 1.46. The molecule has 6 heteroatoms. The Labute approximate surface area is 128 Å². The first-order chi connectivity index (χ1) is 10.6. The maximum atomic E-state index is 12.0. The van der Waals surface area contributed by atoms with Gasteiger partial charge in [0.15, 0.2) is 0 Å². The molecular formula is C16H19NO5. The lowest BCUT2D eigenvalue weighted by atomic mass is 10.1. The summed E-state index contributed by atoms with van der Waals surface area (Å²) in [6.45, 7) is 0.0820. The molecule has 1 heterocycles. The van der Waals surface area contributed by atoms with Gasteiger partial charge < -0.3 is 24.3 Å². The molecule has 1 amide bonds. The van der Waals surface area contributed by atoms with E-state index >= 15 is 0 Å². The van der Waals surface area contributed by atoms with Crippen molar-refractivity contribution in [3.8, 4) is 11.5 Å². The summed E-state index contributed by atoms with van der Waals surface area (Å²) in [5.41, 5.74) is 0.715. The lowest BCUT2D eigenvalue weighted by Gasteiger charge is -2.12. The zero-order chi connectivity index (χ0) is 15.9. The zero-order valence-electron chi connectivity index (χ0n) is 12.5. The van der Waals surface area contributed by atoms with Crippen molar-refractivity contribution >= 4 is 5.91 Å². The van der Waals surface area contributed by atoms with E-state index in [1.807, 2.05) is 0 Å². The van der Waals surface area contributed by atoms with Gasteiger partial charge in [-0.3, -0.25) is 4.79 Å². The van der Waals surface area contributed by atoms with Crippen molar-refractivity contribution in [3.63, 3.8) is 0 Å². The highest BCUT2D eigenvalue weighted by Gasteiger charge is 2.14. The number of hydrogen-bond donors (Lipinski definition) is 2. The largest absolute Gasteiger partial charge is 0.497 e. The minimum Gasteiger partial charge on any atom is -0.497 e. The second-order valence-corrected chi connectivity index (χ2v) is 4.69. The van der Waals surface area contributed by atoms with Crippen molar-refractivity contribution in [1.29, 1.82) is 0 Å². The topological polar surface area (TPSA) is 80.9 Å². The molecule has 0 aliphatic carbocycles. The van der Waals surface area contributed by atoms with E-state index in [2.05, 4.69) is 5.32 Å². The average molecular weight is 305 g/mol. The van der Waals surface area contributed by atoms with Gasteiger partial charge in [0.1, 0.15) is 23.4 Å². The number of methoxy groups -OCH3 is 2. The zero-order valence-corrected chi connectivity index (χ0v) is 12.5. The van der Waals surface area contributed by atoms with E-state index in [4.69, 9.17) is 13.9 Å². The van der Waals surface area contributed by atoms with Gasteiger partial charge >= 0.3 is 0 Å². The van der Waals surface area contributed by atoms with Crippen LogP contribution in [0.2, 0.25) is 0 Å². The van der Waals surface area contributed by atoms with Gasteiger partial charge in [-0.25, -0.2) is 0 Å². The summed E-state index contributed by atoms with van der Waals surface area (Å²) >= 11 is 0. The van der Waals surface area contributed by atoms with Crippen LogP contribution in [0.25, 0.3) is 0 Å². The lowest BCUT2D eigenvalue weighted by molar-refractivity contribution is -0.121. The second-order valence-electron chi connectivity index (χ2n) is 4.69.